The van der Waals surface area contributed by atoms with Crippen LogP contribution in [0.5, 0.6) is 0 Å². The minimum atomic E-state index is -0.362. The fraction of sp³-hybridized carbons (Fsp3) is 0.556. The second-order valence-electron chi connectivity index (χ2n) is 6.53. The lowest BCUT2D eigenvalue weighted by atomic mass is 9.71. The molecule has 2 rings (SSSR count). The highest BCUT2D eigenvalue weighted by atomic mass is 35.5. The Kier molecular flexibility index (Phi) is 5.82. The number of rotatable bonds is 5. The van der Waals surface area contributed by atoms with E-state index in [1.165, 1.54) is 4.90 Å². The first-order valence-electron chi connectivity index (χ1n) is 8.18. The van der Waals surface area contributed by atoms with Crippen molar-refractivity contribution in [2.24, 2.45) is 5.41 Å². The lowest BCUT2D eigenvalue weighted by Crippen LogP contribution is -2.45. The number of carbonyl (C=O) groups is 2. The Morgan fingerprint density at radius 2 is 2.09 bits per heavy atom. The zero-order chi connectivity index (χ0) is 17.0. The zero-order valence-corrected chi connectivity index (χ0v) is 14.9. The van der Waals surface area contributed by atoms with E-state index >= 15 is 0 Å². The average Bonchev–Trinajstić information content (AvgIpc) is 2.55. The molecule has 5 heteroatoms. The molecule has 1 N–H and O–H groups in total. The van der Waals surface area contributed by atoms with Gasteiger partial charge in [0.2, 0.25) is 0 Å². The number of carbonyl (C=O) groups excluding carboxylic acids is 2. The van der Waals surface area contributed by atoms with Gasteiger partial charge in [-0.2, -0.15) is 0 Å². The predicted octanol–water partition coefficient (Wildman–Crippen LogP) is 3.39. The van der Waals surface area contributed by atoms with Gasteiger partial charge in [0, 0.05) is 31.6 Å². The summed E-state index contributed by atoms with van der Waals surface area (Å²) in [5.74, 6) is -0.0630. The third-order valence-corrected chi connectivity index (χ3v) is 4.88. The highest BCUT2D eigenvalue weighted by molar-refractivity contribution is 6.34. The summed E-state index contributed by atoms with van der Waals surface area (Å²) in [6.07, 6.45) is 3.72. The number of Topliss-reactive ketones (excluding diaryl/α,β-unsaturated/α-hetero) is 1. The van der Waals surface area contributed by atoms with Crippen LogP contribution in [0.25, 0.3) is 0 Å². The predicted molar refractivity (Wildman–Crippen MR) is 93.2 cm³/mol. The summed E-state index contributed by atoms with van der Waals surface area (Å²) < 4.78 is 0. The summed E-state index contributed by atoms with van der Waals surface area (Å²) in [6.45, 7) is 3.77. The Bertz CT molecular complexity index is 587. The van der Waals surface area contributed by atoms with E-state index < -0.39 is 0 Å². The van der Waals surface area contributed by atoms with Gasteiger partial charge in [-0.3, -0.25) is 9.59 Å². The molecule has 1 aromatic carbocycles. The third kappa shape index (κ3) is 3.75. The Balaban J connectivity index is 2.38. The highest BCUT2D eigenvalue weighted by Crippen LogP contribution is 2.36. The fourth-order valence-electron chi connectivity index (χ4n) is 3.34. The third-order valence-electron chi connectivity index (χ3n) is 4.55. The molecular weight excluding hydrogens is 312 g/mol. The summed E-state index contributed by atoms with van der Waals surface area (Å²) in [4.78, 5) is 26.9. The molecule has 0 aliphatic carbocycles. The Labute approximate surface area is 143 Å². The number of nitrogens with one attached hydrogen (secondary N) is 1. The molecule has 0 aromatic heterocycles. The largest absolute Gasteiger partial charge is 0.345 e. The standard InChI is InChI=1S/C18H25ClN2O2/c1-4-8-18(9-5-10-20-12-18)16(22)13-6-7-15(19)14(11-13)17(23)21(2)3/h6-7,11,20H,4-5,8-10,12H2,1-3H3. The van der Waals surface area contributed by atoms with Gasteiger partial charge in [-0.15, -0.1) is 0 Å². The van der Waals surface area contributed by atoms with Crippen molar-refractivity contribution in [2.45, 2.75) is 32.6 Å². The number of benzene rings is 1. The molecule has 0 saturated carbocycles. The van der Waals surface area contributed by atoms with Gasteiger partial charge in [0.15, 0.2) is 5.78 Å². The molecule has 4 nitrogen and oxygen atoms in total. The topological polar surface area (TPSA) is 49.4 Å². The van der Waals surface area contributed by atoms with E-state index in [4.69, 9.17) is 11.6 Å². The second kappa shape index (κ2) is 7.45. The molecule has 1 aliphatic heterocycles. The molecule has 0 spiro atoms. The number of halogens is 1. The molecule has 1 atom stereocenters. The van der Waals surface area contributed by atoms with Crippen LogP contribution in [0.2, 0.25) is 5.02 Å². The SMILES string of the molecule is CCCC1(C(=O)c2ccc(Cl)c(C(=O)N(C)C)c2)CCCNC1. The minimum absolute atomic E-state index is 0.121. The van der Waals surface area contributed by atoms with Gasteiger partial charge < -0.3 is 10.2 Å². The number of ketones is 1. The summed E-state index contributed by atoms with van der Waals surface area (Å²) in [5, 5.41) is 3.74. The second-order valence-corrected chi connectivity index (χ2v) is 6.94. The van der Waals surface area contributed by atoms with Crippen molar-refractivity contribution in [1.82, 2.24) is 10.2 Å². The maximum Gasteiger partial charge on any atom is 0.254 e. The number of amides is 1. The quantitative estimate of drug-likeness (QED) is 0.838. The van der Waals surface area contributed by atoms with Crippen LogP contribution < -0.4 is 5.32 Å². The molecule has 23 heavy (non-hydrogen) atoms. The summed E-state index contributed by atoms with van der Waals surface area (Å²) in [6, 6.07) is 5.05. The summed E-state index contributed by atoms with van der Waals surface area (Å²) >= 11 is 6.15. The van der Waals surface area contributed by atoms with Gasteiger partial charge in [0.25, 0.3) is 5.91 Å². The van der Waals surface area contributed by atoms with E-state index in [2.05, 4.69) is 12.2 Å². The van der Waals surface area contributed by atoms with Crippen LogP contribution in [0.3, 0.4) is 0 Å². The monoisotopic (exact) mass is 336 g/mol. The molecule has 1 saturated heterocycles. The first-order chi connectivity index (χ1) is 10.9. The Morgan fingerprint density at radius 1 is 1.35 bits per heavy atom. The zero-order valence-electron chi connectivity index (χ0n) is 14.1. The highest BCUT2D eigenvalue weighted by Gasteiger charge is 2.39. The average molecular weight is 337 g/mol. The molecule has 1 aromatic rings. The van der Waals surface area contributed by atoms with Gasteiger partial charge in [-0.1, -0.05) is 24.9 Å². The smallest absolute Gasteiger partial charge is 0.254 e. The molecule has 1 fully saturated rings. The minimum Gasteiger partial charge on any atom is -0.345 e. The van der Waals surface area contributed by atoms with Crippen molar-refractivity contribution in [1.29, 1.82) is 0 Å². The molecule has 1 unspecified atom stereocenters. The molecule has 0 bridgehead atoms. The van der Waals surface area contributed by atoms with Crippen LogP contribution in [-0.4, -0.2) is 43.8 Å². The molecule has 1 amide bonds. The van der Waals surface area contributed by atoms with Crippen molar-refractivity contribution < 1.29 is 9.59 Å². The van der Waals surface area contributed by atoms with Gasteiger partial charge in [0.05, 0.1) is 10.6 Å². The normalized spacial score (nSPS) is 21.0. The molecule has 0 radical (unpaired) electrons. The Hall–Kier alpha value is -1.39. The van der Waals surface area contributed by atoms with Crippen molar-refractivity contribution in [3.63, 3.8) is 0 Å². The maximum atomic E-state index is 13.2. The van der Waals surface area contributed by atoms with E-state index in [0.29, 0.717) is 22.7 Å². The van der Waals surface area contributed by atoms with Crippen molar-refractivity contribution >= 4 is 23.3 Å². The van der Waals surface area contributed by atoms with Crippen LogP contribution in [0, 0.1) is 5.41 Å². The summed E-state index contributed by atoms with van der Waals surface area (Å²) in [7, 11) is 3.35. The molecular formula is C18H25ClN2O2. The van der Waals surface area contributed by atoms with Crippen molar-refractivity contribution in [3.05, 3.63) is 34.3 Å². The molecule has 1 aliphatic rings. The van der Waals surface area contributed by atoms with E-state index in [1.807, 2.05) is 0 Å². The number of hydrogen-bond acceptors (Lipinski definition) is 3. The van der Waals surface area contributed by atoms with Gasteiger partial charge in [-0.05, 0) is 44.0 Å². The molecule has 126 valence electrons. The van der Waals surface area contributed by atoms with E-state index in [1.54, 1.807) is 32.3 Å². The van der Waals surface area contributed by atoms with Crippen LogP contribution in [0.1, 0.15) is 53.3 Å². The van der Waals surface area contributed by atoms with Crippen LogP contribution in [-0.2, 0) is 0 Å². The van der Waals surface area contributed by atoms with Crippen molar-refractivity contribution in [3.8, 4) is 0 Å². The number of nitrogens with zero attached hydrogens (tertiary/aromatic N) is 1. The van der Waals surface area contributed by atoms with Gasteiger partial charge >= 0.3 is 0 Å². The maximum absolute atomic E-state index is 13.2. The van der Waals surface area contributed by atoms with Crippen LogP contribution >= 0.6 is 11.6 Å². The Morgan fingerprint density at radius 3 is 2.65 bits per heavy atom. The van der Waals surface area contributed by atoms with Crippen molar-refractivity contribution in [2.75, 3.05) is 27.2 Å². The first-order valence-corrected chi connectivity index (χ1v) is 8.56. The molecule has 1 heterocycles. The first kappa shape index (κ1) is 18.0. The lowest BCUT2D eigenvalue weighted by molar-refractivity contribution is 0.0718. The van der Waals surface area contributed by atoms with E-state index in [0.717, 1.165) is 32.2 Å². The van der Waals surface area contributed by atoms with Crippen LogP contribution in [0.15, 0.2) is 18.2 Å². The number of hydrogen-bond donors (Lipinski definition) is 1. The van der Waals surface area contributed by atoms with E-state index in [9.17, 15) is 9.59 Å². The lowest BCUT2D eigenvalue weighted by Gasteiger charge is -2.36. The van der Waals surface area contributed by atoms with Gasteiger partial charge in [0.1, 0.15) is 0 Å². The van der Waals surface area contributed by atoms with Gasteiger partial charge in [-0.25, -0.2) is 0 Å². The number of piperidine rings is 1. The van der Waals surface area contributed by atoms with Crippen LogP contribution in [0.4, 0.5) is 0 Å². The van der Waals surface area contributed by atoms with E-state index in [-0.39, 0.29) is 17.1 Å². The summed E-state index contributed by atoms with van der Waals surface area (Å²) in [5.41, 5.74) is 0.605. The fourth-order valence-corrected chi connectivity index (χ4v) is 3.54.